The Kier molecular flexibility index (Phi) is 5.12. The van der Waals surface area contributed by atoms with Crippen molar-refractivity contribution in [1.82, 2.24) is 14.5 Å². The first-order chi connectivity index (χ1) is 14.9. The number of rotatable bonds is 4. The van der Waals surface area contributed by atoms with E-state index in [0.717, 1.165) is 12.3 Å². The van der Waals surface area contributed by atoms with Crippen molar-refractivity contribution in [3.63, 3.8) is 0 Å². The van der Waals surface area contributed by atoms with Gasteiger partial charge in [0.1, 0.15) is 11.5 Å². The number of aliphatic hydroxyl groups is 1. The molecule has 3 heterocycles. The number of benzene rings is 1. The van der Waals surface area contributed by atoms with Crippen molar-refractivity contribution in [3.05, 3.63) is 30.1 Å². The zero-order valence-electron chi connectivity index (χ0n) is 17.8. The van der Waals surface area contributed by atoms with Gasteiger partial charge in [-0.25, -0.2) is 18.4 Å². The molecular formula is C20H22F3N5O3S. The topological polar surface area (TPSA) is 91.6 Å². The number of halogens is 3. The number of aryl methyl sites for hydroxylation is 1. The van der Waals surface area contributed by atoms with Crippen LogP contribution in [0.5, 0.6) is 0 Å². The smallest absolute Gasteiger partial charge is 0.356 e. The van der Waals surface area contributed by atoms with Gasteiger partial charge in [-0.15, -0.1) is 0 Å². The molecule has 0 aliphatic carbocycles. The van der Waals surface area contributed by atoms with E-state index in [1.165, 1.54) is 17.6 Å². The second-order valence-electron chi connectivity index (χ2n) is 7.53. The van der Waals surface area contributed by atoms with Crippen molar-refractivity contribution in [2.45, 2.75) is 31.3 Å². The predicted octanol–water partition coefficient (Wildman–Crippen LogP) is 3.00. The third-order valence-electron chi connectivity index (χ3n) is 5.75. The normalized spacial score (nSPS) is 16.8. The van der Waals surface area contributed by atoms with Gasteiger partial charge >= 0.3 is 6.18 Å². The quantitative estimate of drug-likeness (QED) is 0.628. The molecule has 12 heteroatoms. The number of aliphatic hydroxyl groups excluding tert-OH is 1. The average Bonchev–Trinajstić information content (AvgIpc) is 3.19. The summed E-state index contributed by atoms with van der Waals surface area (Å²) < 4.78 is 66.8. The molecule has 2 aromatic heterocycles. The van der Waals surface area contributed by atoms with E-state index in [9.17, 15) is 26.7 Å². The summed E-state index contributed by atoms with van der Waals surface area (Å²) in [5.41, 5.74) is 0.690. The standard InChI is InChI=1S/C20H22F3N5O3S/c1-5-28-14-9-16(32(30,31)6-2)11(7-13(14)27(4)19(28)29)18-25-12-8-17(20(21,22)23)24-10-15(12)26(18)3/h7-10,19,29H,5-6H2,1-4H3. The molecule has 0 fully saturated rings. The summed E-state index contributed by atoms with van der Waals surface area (Å²) in [6, 6.07) is 3.95. The molecule has 172 valence electrons. The molecule has 0 saturated carbocycles. The van der Waals surface area contributed by atoms with Gasteiger partial charge in [-0.05, 0) is 25.1 Å². The van der Waals surface area contributed by atoms with Crippen LogP contribution in [0.3, 0.4) is 0 Å². The molecule has 8 nitrogen and oxygen atoms in total. The maximum Gasteiger partial charge on any atom is 0.433 e. The minimum atomic E-state index is -4.63. The largest absolute Gasteiger partial charge is 0.433 e. The zero-order chi connectivity index (χ0) is 23.6. The third-order valence-corrected chi connectivity index (χ3v) is 7.51. The zero-order valence-corrected chi connectivity index (χ0v) is 18.7. The van der Waals surface area contributed by atoms with E-state index in [4.69, 9.17) is 0 Å². The number of hydrogen-bond acceptors (Lipinski definition) is 7. The van der Waals surface area contributed by atoms with Gasteiger partial charge in [0.25, 0.3) is 0 Å². The molecule has 1 aromatic carbocycles. The van der Waals surface area contributed by atoms with Gasteiger partial charge in [0.05, 0.1) is 39.3 Å². The van der Waals surface area contributed by atoms with Crippen LogP contribution in [-0.2, 0) is 23.1 Å². The number of nitrogens with zero attached hydrogens (tertiary/aromatic N) is 5. The molecule has 0 saturated heterocycles. The van der Waals surface area contributed by atoms with E-state index in [-0.39, 0.29) is 27.6 Å². The van der Waals surface area contributed by atoms with Crippen LogP contribution < -0.4 is 9.80 Å². The fraction of sp³-hybridized carbons (Fsp3) is 0.400. The average molecular weight is 469 g/mol. The fourth-order valence-corrected chi connectivity index (χ4v) is 5.02. The van der Waals surface area contributed by atoms with Crippen molar-refractivity contribution in [1.29, 1.82) is 0 Å². The second-order valence-corrected chi connectivity index (χ2v) is 9.78. The number of imidazole rings is 1. The van der Waals surface area contributed by atoms with Gasteiger partial charge in [-0.1, -0.05) is 6.92 Å². The summed E-state index contributed by atoms with van der Waals surface area (Å²) in [6.45, 7) is 3.80. The third kappa shape index (κ3) is 3.28. The summed E-state index contributed by atoms with van der Waals surface area (Å²) in [4.78, 5) is 11.1. The molecule has 1 atom stereocenters. The number of alkyl halides is 3. The summed E-state index contributed by atoms with van der Waals surface area (Å²) in [7, 11) is -0.465. The minimum Gasteiger partial charge on any atom is -0.356 e. The number of anilines is 2. The highest BCUT2D eigenvalue weighted by Gasteiger charge is 2.36. The van der Waals surface area contributed by atoms with Gasteiger partial charge in [0.2, 0.25) is 6.35 Å². The molecule has 1 aliphatic heterocycles. The van der Waals surface area contributed by atoms with Crippen molar-refractivity contribution in [2.24, 2.45) is 7.05 Å². The lowest BCUT2D eigenvalue weighted by molar-refractivity contribution is -0.141. The molecule has 3 aromatic rings. The van der Waals surface area contributed by atoms with E-state index >= 15 is 0 Å². The van der Waals surface area contributed by atoms with Crippen molar-refractivity contribution in [2.75, 3.05) is 29.1 Å². The SMILES string of the molecule is CCN1c2cc(S(=O)(=O)CC)c(-c3nc4cc(C(F)(F)F)ncc4n3C)cc2N(C)C1O. The molecular weight excluding hydrogens is 447 g/mol. The van der Waals surface area contributed by atoms with Gasteiger partial charge in [0, 0.05) is 26.2 Å². The van der Waals surface area contributed by atoms with Crippen LogP contribution >= 0.6 is 0 Å². The minimum absolute atomic E-state index is 0.00195. The van der Waals surface area contributed by atoms with Crippen molar-refractivity contribution < 1.29 is 26.7 Å². The molecule has 0 bridgehead atoms. The first-order valence-electron chi connectivity index (χ1n) is 9.89. The van der Waals surface area contributed by atoms with Gasteiger partial charge < -0.3 is 19.5 Å². The van der Waals surface area contributed by atoms with Crippen LogP contribution in [-0.4, -0.2) is 53.8 Å². The van der Waals surface area contributed by atoms with Crippen LogP contribution in [0.25, 0.3) is 22.4 Å². The van der Waals surface area contributed by atoms with Gasteiger partial charge in [-0.2, -0.15) is 13.2 Å². The highest BCUT2D eigenvalue weighted by molar-refractivity contribution is 7.91. The van der Waals surface area contributed by atoms with Crippen LogP contribution in [0.15, 0.2) is 29.3 Å². The van der Waals surface area contributed by atoms with Crippen LogP contribution in [0.2, 0.25) is 0 Å². The maximum atomic E-state index is 13.1. The lowest BCUT2D eigenvalue weighted by Gasteiger charge is -2.24. The van der Waals surface area contributed by atoms with E-state index in [0.29, 0.717) is 23.4 Å². The predicted molar refractivity (Wildman–Crippen MR) is 114 cm³/mol. The summed E-state index contributed by atoms with van der Waals surface area (Å²) in [6.07, 6.45) is -4.52. The lowest BCUT2D eigenvalue weighted by Crippen LogP contribution is -2.40. The molecule has 1 aliphatic rings. The molecule has 0 amide bonds. The van der Waals surface area contributed by atoms with E-state index in [1.807, 2.05) is 6.92 Å². The molecule has 32 heavy (non-hydrogen) atoms. The number of aromatic nitrogens is 3. The molecule has 1 N–H and O–H groups in total. The number of hydrogen-bond donors (Lipinski definition) is 1. The summed E-state index contributed by atoms with van der Waals surface area (Å²) in [5, 5.41) is 10.5. The maximum absolute atomic E-state index is 13.1. The van der Waals surface area contributed by atoms with Gasteiger partial charge in [0.15, 0.2) is 9.84 Å². The Bertz CT molecular complexity index is 1320. The molecule has 4 rings (SSSR count). The Morgan fingerprint density at radius 2 is 1.81 bits per heavy atom. The van der Waals surface area contributed by atoms with Crippen LogP contribution in [0, 0.1) is 0 Å². The van der Waals surface area contributed by atoms with E-state index < -0.39 is 28.1 Å². The van der Waals surface area contributed by atoms with Crippen LogP contribution in [0.1, 0.15) is 19.5 Å². The van der Waals surface area contributed by atoms with Crippen LogP contribution in [0.4, 0.5) is 24.5 Å². The number of sulfone groups is 1. The van der Waals surface area contributed by atoms with Crippen molar-refractivity contribution in [3.8, 4) is 11.4 Å². The van der Waals surface area contributed by atoms with E-state index in [1.54, 1.807) is 30.0 Å². The Morgan fingerprint density at radius 1 is 1.12 bits per heavy atom. The highest BCUT2D eigenvalue weighted by atomic mass is 32.2. The number of fused-ring (bicyclic) bond motifs is 2. The Labute approximate surface area is 182 Å². The lowest BCUT2D eigenvalue weighted by atomic mass is 10.1. The number of pyridine rings is 1. The summed E-state index contributed by atoms with van der Waals surface area (Å²) in [5.74, 6) is 0.0151. The first kappa shape index (κ1) is 22.3. The van der Waals surface area contributed by atoms with Gasteiger partial charge in [-0.3, -0.25) is 0 Å². The molecule has 0 radical (unpaired) electrons. The Hall–Kier alpha value is -2.86. The molecule has 1 unspecified atom stereocenters. The van der Waals surface area contributed by atoms with Crippen molar-refractivity contribution >= 4 is 32.2 Å². The first-order valence-corrected chi connectivity index (χ1v) is 11.5. The Morgan fingerprint density at radius 3 is 2.41 bits per heavy atom. The summed E-state index contributed by atoms with van der Waals surface area (Å²) >= 11 is 0. The second kappa shape index (κ2) is 7.34. The van der Waals surface area contributed by atoms with E-state index in [2.05, 4.69) is 9.97 Å². The molecule has 0 spiro atoms. The Balaban J connectivity index is 2.02. The fourth-order valence-electron chi connectivity index (χ4n) is 3.93. The highest BCUT2D eigenvalue weighted by Crippen LogP contribution is 2.44. The monoisotopic (exact) mass is 469 g/mol.